The molecule has 3 rings (SSSR count). The molecule has 0 aromatic carbocycles. The second-order valence-corrected chi connectivity index (χ2v) is 6.87. The Morgan fingerprint density at radius 2 is 1.60 bits per heavy atom. The van der Waals surface area contributed by atoms with Gasteiger partial charge in [-0.3, -0.25) is 4.90 Å². The summed E-state index contributed by atoms with van der Waals surface area (Å²) in [6.45, 7) is 11.9. The van der Waals surface area contributed by atoms with Crippen molar-refractivity contribution in [1.29, 1.82) is 0 Å². The summed E-state index contributed by atoms with van der Waals surface area (Å²) in [6.07, 6.45) is 5.59. The average molecular weight is 281 g/mol. The Labute approximate surface area is 123 Å². The minimum Gasteiger partial charge on any atom is -0.379 e. The standard InChI is InChI=1S/C16H31N3O/c1-2-16(13-18-8-10-20-11-9-18)14-19(7-1)12-15-3-5-17-6-4-15/h15-17H,1-14H2. The van der Waals surface area contributed by atoms with Crippen molar-refractivity contribution in [3.63, 3.8) is 0 Å². The van der Waals surface area contributed by atoms with Crippen molar-refractivity contribution in [2.24, 2.45) is 11.8 Å². The van der Waals surface area contributed by atoms with Gasteiger partial charge in [-0.05, 0) is 57.2 Å². The first kappa shape index (κ1) is 14.8. The van der Waals surface area contributed by atoms with E-state index < -0.39 is 0 Å². The third-order valence-electron chi connectivity index (χ3n) is 5.20. The van der Waals surface area contributed by atoms with Crippen molar-refractivity contribution in [3.8, 4) is 0 Å². The minimum absolute atomic E-state index is 0.892. The van der Waals surface area contributed by atoms with Gasteiger partial charge in [-0.2, -0.15) is 0 Å². The fourth-order valence-electron chi connectivity index (χ4n) is 4.04. The quantitative estimate of drug-likeness (QED) is 0.833. The van der Waals surface area contributed by atoms with Crippen LogP contribution in [0.3, 0.4) is 0 Å². The molecule has 3 aliphatic rings. The van der Waals surface area contributed by atoms with Gasteiger partial charge in [0.05, 0.1) is 13.2 Å². The van der Waals surface area contributed by atoms with Gasteiger partial charge in [-0.1, -0.05) is 0 Å². The number of rotatable bonds is 4. The second-order valence-electron chi connectivity index (χ2n) is 6.87. The summed E-state index contributed by atoms with van der Waals surface area (Å²) >= 11 is 0. The molecule has 3 aliphatic heterocycles. The Hall–Kier alpha value is -0.160. The fraction of sp³-hybridized carbons (Fsp3) is 1.00. The van der Waals surface area contributed by atoms with Gasteiger partial charge in [0, 0.05) is 32.7 Å². The highest BCUT2D eigenvalue weighted by atomic mass is 16.5. The van der Waals surface area contributed by atoms with Crippen LogP contribution in [0.4, 0.5) is 0 Å². The molecule has 1 N–H and O–H groups in total. The van der Waals surface area contributed by atoms with Gasteiger partial charge in [0.2, 0.25) is 0 Å². The second kappa shape index (κ2) is 7.74. The molecule has 0 spiro atoms. The molecule has 3 heterocycles. The first-order chi connectivity index (χ1) is 9.90. The first-order valence-corrected chi connectivity index (χ1v) is 8.63. The van der Waals surface area contributed by atoms with E-state index in [0.29, 0.717) is 0 Å². The number of piperidine rings is 2. The lowest BCUT2D eigenvalue weighted by molar-refractivity contribution is 0.0216. The predicted molar refractivity (Wildman–Crippen MR) is 82.0 cm³/mol. The lowest BCUT2D eigenvalue weighted by Crippen LogP contribution is -2.46. The minimum atomic E-state index is 0.892. The average Bonchev–Trinajstić information content (AvgIpc) is 2.50. The maximum Gasteiger partial charge on any atom is 0.0594 e. The Bertz CT molecular complexity index is 249. The van der Waals surface area contributed by atoms with E-state index in [1.165, 1.54) is 65.0 Å². The largest absolute Gasteiger partial charge is 0.379 e. The van der Waals surface area contributed by atoms with Crippen LogP contribution < -0.4 is 5.32 Å². The smallest absolute Gasteiger partial charge is 0.0594 e. The van der Waals surface area contributed by atoms with E-state index in [4.69, 9.17) is 4.74 Å². The molecule has 0 amide bonds. The number of hydrogen-bond acceptors (Lipinski definition) is 4. The molecule has 0 aromatic rings. The summed E-state index contributed by atoms with van der Waals surface area (Å²) in [4.78, 5) is 5.37. The van der Waals surface area contributed by atoms with E-state index >= 15 is 0 Å². The zero-order chi connectivity index (χ0) is 13.6. The maximum atomic E-state index is 5.45. The van der Waals surface area contributed by atoms with Crippen molar-refractivity contribution < 1.29 is 4.74 Å². The molecule has 4 nitrogen and oxygen atoms in total. The normalized spacial score (nSPS) is 31.5. The van der Waals surface area contributed by atoms with E-state index in [0.717, 1.165) is 38.1 Å². The van der Waals surface area contributed by atoms with Gasteiger partial charge in [0.15, 0.2) is 0 Å². The van der Waals surface area contributed by atoms with Crippen LogP contribution in [0.2, 0.25) is 0 Å². The summed E-state index contributed by atoms with van der Waals surface area (Å²) in [5.41, 5.74) is 0. The summed E-state index contributed by atoms with van der Waals surface area (Å²) in [5.74, 6) is 1.84. The molecule has 3 saturated heterocycles. The van der Waals surface area contributed by atoms with Crippen LogP contribution in [-0.4, -0.2) is 75.4 Å². The Morgan fingerprint density at radius 1 is 0.850 bits per heavy atom. The molecule has 20 heavy (non-hydrogen) atoms. The van der Waals surface area contributed by atoms with E-state index in [2.05, 4.69) is 15.1 Å². The molecule has 0 aliphatic carbocycles. The molecule has 116 valence electrons. The molecule has 0 bridgehead atoms. The topological polar surface area (TPSA) is 27.7 Å². The van der Waals surface area contributed by atoms with Crippen molar-refractivity contribution >= 4 is 0 Å². The lowest BCUT2D eigenvalue weighted by atomic mass is 9.93. The summed E-state index contributed by atoms with van der Waals surface area (Å²) in [6, 6.07) is 0. The molecule has 0 radical (unpaired) electrons. The van der Waals surface area contributed by atoms with Crippen LogP contribution in [0.25, 0.3) is 0 Å². The van der Waals surface area contributed by atoms with Crippen molar-refractivity contribution in [2.75, 3.05) is 65.6 Å². The number of nitrogens with zero attached hydrogens (tertiary/aromatic N) is 2. The molecule has 0 aromatic heterocycles. The number of morpholine rings is 1. The highest BCUT2D eigenvalue weighted by molar-refractivity contribution is 4.80. The van der Waals surface area contributed by atoms with Crippen LogP contribution in [0, 0.1) is 11.8 Å². The monoisotopic (exact) mass is 281 g/mol. The molecule has 4 heteroatoms. The van der Waals surface area contributed by atoms with Gasteiger partial charge in [-0.25, -0.2) is 0 Å². The van der Waals surface area contributed by atoms with Crippen molar-refractivity contribution in [1.82, 2.24) is 15.1 Å². The molecule has 1 unspecified atom stereocenters. The van der Waals surface area contributed by atoms with Crippen LogP contribution >= 0.6 is 0 Å². The van der Waals surface area contributed by atoms with Gasteiger partial charge < -0.3 is 15.0 Å². The van der Waals surface area contributed by atoms with E-state index in [9.17, 15) is 0 Å². The third-order valence-corrected chi connectivity index (χ3v) is 5.20. The summed E-state index contributed by atoms with van der Waals surface area (Å²) < 4.78 is 5.45. The van der Waals surface area contributed by atoms with Crippen LogP contribution in [0.15, 0.2) is 0 Å². The van der Waals surface area contributed by atoms with Crippen LogP contribution in [-0.2, 0) is 4.74 Å². The van der Waals surface area contributed by atoms with Gasteiger partial charge >= 0.3 is 0 Å². The van der Waals surface area contributed by atoms with E-state index in [1.807, 2.05) is 0 Å². The van der Waals surface area contributed by atoms with Gasteiger partial charge in [0.1, 0.15) is 0 Å². The Kier molecular flexibility index (Phi) is 5.71. The molecular weight excluding hydrogens is 250 g/mol. The van der Waals surface area contributed by atoms with Gasteiger partial charge in [-0.15, -0.1) is 0 Å². The van der Waals surface area contributed by atoms with Crippen molar-refractivity contribution in [2.45, 2.75) is 25.7 Å². The molecular formula is C16H31N3O. The summed E-state index contributed by atoms with van der Waals surface area (Å²) in [5, 5.41) is 3.48. The van der Waals surface area contributed by atoms with Crippen molar-refractivity contribution in [3.05, 3.63) is 0 Å². The lowest BCUT2D eigenvalue weighted by Gasteiger charge is -2.38. The fourth-order valence-corrected chi connectivity index (χ4v) is 4.04. The van der Waals surface area contributed by atoms with Crippen LogP contribution in [0.1, 0.15) is 25.7 Å². The molecule has 0 saturated carbocycles. The zero-order valence-corrected chi connectivity index (χ0v) is 12.9. The number of likely N-dealkylation sites (tertiary alicyclic amines) is 1. The van der Waals surface area contributed by atoms with Gasteiger partial charge in [0.25, 0.3) is 0 Å². The highest BCUT2D eigenvalue weighted by Crippen LogP contribution is 2.21. The maximum absolute atomic E-state index is 5.45. The third kappa shape index (κ3) is 4.42. The Morgan fingerprint density at radius 3 is 2.40 bits per heavy atom. The van der Waals surface area contributed by atoms with Crippen LogP contribution in [0.5, 0.6) is 0 Å². The zero-order valence-electron chi connectivity index (χ0n) is 12.9. The number of nitrogens with one attached hydrogen (secondary N) is 1. The highest BCUT2D eigenvalue weighted by Gasteiger charge is 2.25. The predicted octanol–water partition coefficient (Wildman–Crippen LogP) is 1.03. The Balaban J connectivity index is 1.41. The van der Waals surface area contributed by atoms with E-state index in [1.54, 1.807) is 0 Å². The number of ether oxygens (including phenoxy) is 1. The number of hydrogen-bond donors (Lipinski definition) is 1. The first-order valence-electron chi connectivity index (χ1n) is 8.63. The summed E-state index contributed by atoms with van der Waals surface area (Å²) in [7, 11) is 0. The molecule has 3 fully saturated rings. The van der Waals surface area contributed by atoms with E-state index in [-0.39, 0.29) is 0 Å². The molecule has 1 atom stereocenters. The SMILES string of the molecule is C1CC(CN2CCOCC2)CN(CC2CCNCC2)C1.